The molecule has 0 aromatic heterocycles. The molecule has 1 aromatic rings. The zero-order valence-corrected chi connectivity index (χ0v) is 13.9. The molecule has 1 unspecified atom stereocenters. The van der Waals surface area contributed by atoms with E-state index in [1.165, 1.54) is 0 Å². The summed E-state index contributed by atoms with van der Waals surface area (Å²) in [5.74, 6) is 0.437. The van der Waals surface area contributed by atoms with Gasteiger partial charge in [0.1, 0.15) is 11.5 Å². The van der Waals surface area contributed by atoms with Gasteiger partial charge in [-0.1, -0.05) is 6.07 Å². The van der Waals surface area contributed by atoms with E-state index in [1.807, 2.05) is 26.8 Å². The molecule has 6 heteroatoms. The fourth-order valence-electron chi connectivity index (χ4n) is 2.04. The normalized spacial score (nSPS) is 12.2. The first-order valence-electron chi connectivity index (χ1n) is 6.48. The lowest BCUT2D eigenvalue weighted by atomic mass is 9.98. The highest BCUT2D eigenvalue weighted by Crippen LogP contribution is 2.32. The van der Waals surface area contributed by atoms with Crippen LogP contribution in [0.4, 0.5) is 0 Å². The second kappa shape index (κ2) is 8.10. The first kappa shape index (κ1) is 19.5. The van der Waals surface area contributed by atoms with Gasteiger partial charge in [0.05, 0.1) is 20.6 Å². The Morgan fingerprint density at radius 2 is 1.90 bits per heavy atom. The van der Waals surface area contributed by atoms with Crippen LogP contribution < -0.4 is 14.8 Å². The molecule has 0 heterocycles. The first-order chi connectivity index (χ1) is 9.26. The highest BCUT2D eigenvalue weighted by Gasteiger charge is 2.24. The van der Waals surface area contributed by atoms with E-state index in [-0.39, 0.29) is 30.4 Å². The van der Waals surface area contributed by atoms with E-state index in [0.29, 0.717) is 11.5 Å². The summed E-state index contributed by atoms with van der Waals surface area (Å²) in [6, 6.07) is 5.07. The van der Waals surface area contributed by atoms with Crippen LogP contribution in [-0.4, -0.2) is 30.8 Å². The number of hydrogen-bond acceptors (Lipinski definition) is 4. The molecule has 21 heavy (non-hydrogen) atoms. The number of benzene rings is 1. The van der Waals surface area contributed by atoms with Crippen molar-refractivity contribution >= 4 is 18.4 Å². The Kier molecular flexibility index (Phi) is 7.53. The molecule has 1 aromatic carbocycles. The van der Waals surface area contributed by atoms with Gasteiger partial charge in [-0.2, -0.15) is 0 Å². The van der Waals surface area contributed by atoms with Crippen LogP contribution in [0.3, 0.4) is 0 Å². The fourth-order valence-corrected chi connectivity index (χ4v) is 2.04. The van der Waals surface area contributed by atoms with Crippen LogP contribution in [0.1, 0.15) is 38.8 Å². The van der Waals surface area contributed by atoms with Crippen LogP contribution in [0.5, 0.6) is 11.5 Å². The van der Waals surface area contributed by atoms with Gasteiger partial charge in [0.2, 0.25) is 0 Å². The van der Waals surface area contributed by atoms with Crippen LogP contribution in [0.2, 0.25) is 0 Å². The van der Waals surface area contributed by atoms with Gasteiger partial charge in [-0.05, 0) is 26.8 Å². The Hall–Kier alpha value is -1.46. The van der Waals surface area contributed by atoms with Crippen molar-refractivity contribution in [3.8, 4) is 11.5 Å². The summed E-state index contributed by atoms with van der Waals surface area (Å²) in [5, 5.41) is 12.4. The molecule has 0 aliphatic rings. The zero-order valence-electron chi connectivity index (χ0n) is 13.1. The number of hydrogen-bond donors (Lipinski definition) is 2. The van der Waals surface area contributed by atoms with Gasteiger partial charge in [-0.25, -0.2) is 0 Å². The number of halogens is 1. The minimum absolute atomic E-state index is 0. The second-order valence-corrected chi connectivity index (χ2v) is 5.65. The third kappa shape index (κ3) is 6.23. The molecule has 0 amide bonds. The molecular formula is C15H24ClNO4. The summed E-state index contributed by atoms with van der Waals surface area (Å²) in [5.41, 5.74) is 0.607. The molecule has 0 fully saturated rings. The summed E-state index contributed by atoms with van der Waals surface area (Å²) < 4.78 is 10.5. The Morgan fingerprint density at radius 1 is 1.29 bits per heavy atom. The number of aliphatic carboxylic acids is 1. The number of methoxy groups -OCH3 is 2. The van der Waals surface area contributed by atoms with Gasteiger partial charge in [0.25, 0.3) is 0 Å². The van der Waals surface area contributed by atoms with Crippen LogP contribution in [0.25, 0.3) is 0 Å². The fraction of sp³-hybridized carbons (Fsp3) is 0.533. The van der Waals surface area contributed by atoms with Gasteiger partial charge in [-0.15, -0.1) is 12.4 Å². The van der Waals surface area contributed by atoms with Crippen molar-refractivity contribution in [3.63, 3.8) is 0 Å². The quantitative estimate of drug-likeness (QED) is 0.844. The highest BCUT2D eigenvalue weighted by atomic mass is 35.5. The number of carboxylic acids is 1. The van der Waals surface area contributed by atoms with Crippen LogP contribution >= 0.6 is 12.4 Å². The number of ether oxygens (including phenoxy) is 2. The Balaban J connectivity index is 0.00000400. The van der Waals surface area contributed by atoms with Gasteiger partial charge in [0.15, 0.2) is 0 Å². The zero-order chi connectivity index (χ0) is 15.3. The molecule has 1 rings (SSSR count). The van der Waals surface area contributed by atoms with E-state index in [2.05, 4.69) is 5.32 Å². The van der Waals surface area contributed by atoms with E-state index < -0.39 is 5.97 Å². The summed E-state index contributed by atoms with van der Waals surface area (Å²) in [4.78, 5) is 11.1. The average molecular weight is 318 g/mol. The number of carbonyl (C=O) groups is 1. The van der Waals surface area contributed by atoms with Crippen LogP contribution in [0, 0.1) is 0 Å². The topological polar surface area (TPSA) is 67.8 Å². The largest absolute Gasteiger partial charge is 0.497 e. The minimum atomic E-state index is -0.857. The molecule has 5 nitrogen and oxygen atoms in total. The molecule has 0 saturated heterocycles. The van der Waals surface area contributed by atoms with Crippen molar-refractivity contribution in [1.82, 2.24) is 5.32 Å². The molecule has 1 atom stereocenters. The summed E-state index contributed by atoms with van der Waals surface area (Å²) in [7, 11) is 3.14. The Bertz CT molecular complexity index is 471. The minimum Gasteiger partial charge on any atom is -0.497 e. The van der Waals surface area contributed by atoms with E-state index in [0.717, 1.165) is 5.56 Å². The maximum absolute atomic E-state index is 11.1. The molecule has 0 aliphatic heterocycles. The second-order valence-electron chi connectivity index (χ2n) is 5.65. The predicted octanol–water partition coefficient (Wildman–Crippen LogP) is 3.03. The van der Waals surface area contributed by atoms with E-state index in [1.54, 1.807) is 26.4 Å². The standard InChI is InChI=1S/C15H23NO4.ClH/c1-15(2,3)16-12(9-14(17)18)11-7-6-10(19-4)8-13(11)20-5;/h6-8,12,16H,9H2,1-5H3,(H,17,18);1H. The van der Waals surface area contributed by atoms with E-state index >= 15 is 0 Å². The van der Waals surface area contributed by atoms with Gasteiger partial charge < -0.3 is 19.9 Å². The molecule has 120 valence electrons. The van der Waals surface area contributed by atoms with Gasteiger partial charge in [0, 0.05) is 23.2 Å². The smallest absolute Gasteiger partial charge is 0.305 e. The summed E-state index contributed by atoms with van der Waals surface area (Å²) in [6.45, 7) is 5.99. The lowest BCUT2D eigenvalue weighted by molar-refractivity contribution is -0.137. The average Bonchev–Trinajstić information content (AvgIpc) is 2.35. The van der Waals surface area contributed by atoms with Crippen molar-refractivity contribution in [2.75, 3.05) is 14.2 Å². The number of carboxylic acid groups (broad SMARTS) is 1. The van der Waals surface area contributed by atoms with Crippen molar-refractivity contribution in [1.29, 1.82) is 0 Å². The van der Waals surface area contributed by atoms with Crippen molar-refractivity contribution in [2.45, 2.75) is 38.8 Å². The van der Waals surface area contributed by atoms with Crippen molar-refractivity contribution in [2.24, 2.45) is 0 Å². The highest BCUT2D eigenvalue weighted by molar-refractivity contribution is 5.85. The van der Waals surface area contributed by atoms with Crippen LogP contribution in [-0.2, 0) is 4.79 Å². The van der Waals surface area contributed by atoms with Crippen molar-refractivity contribution in [3.05, 3.63) is 23.8 Å². The van der Waals surface area contributed by atoms with Gasteiger partial charge >= 0.3 is 5.97 Å². The predicted molar refractivity (Wildman–Crippen MR) is 84.7 cm³/mol. The molecule has 2 N–H and O–H groups in total. The monoisotopic (exact) mass is 317 g/mol. The maximum Gasteiger partial charge on any atom is 0.305 e. The SMILES string of the molecule is COc1ccc(C(CC(=O)O)NC(C)(C)C)c(OC)c1.Cl. The summed E-state index contributed by atoms with van der Waals surface area (Å²) in [6.07, 6.45) is -0.0139. The third-order valence-electron chi connectivity index (χ3n) is 2.80. The molecule has 0 aliphatic carbocycles. The third-order valence-corrected chi connectivity index (χ3v) is 2.80. The molecule has 0 radical (unpaired) electrons. The molecule has 0 saturated carbocycles. The van der Waals surface area contributed by atoms with Gasteiger partial charge in [-0.3, -0.25) is 4.79 Å². The Morgan fingerprint density at radius 3 is 2.33 bits per heavy atom. The Labute approximate surface area is 132 Å². The van der Waals surface area contributed by atoms with Crippen LogP contribution in [0.15, 0.2) is 18.2 Å². The maximum atomic E-state index is 11.1. The van der Waals surface area contributed by atoms with E-state index in [9.17, 15) is 4.79 Å². The molecule has 0 bridgehead atoms. The number of rotatable bonds is 6. The number of nitrogens with one attached hydrogen (secondary N) is 1. The lowest BCUT2D eigenvalue weighted by Crippen LogP contribution is -2.39. The molecule has 0 spiro atoms. The molecular weight excluding hydrogens is 294 g/mol. The lowest BCUT2D eigenvalue weighted by Gasteiger charge is -2.29. The van der Waals surface area contributed by atoms with Crippen molar-refractivity contribution < 1.29 is 19.4 Å². The van der Waals surface area contributed by atoms with E-state index in [4.69, 9.17) is 14.6 Å². The first-order valence-corrected chi connectivity index (χ1v) is 6.48. The summed E-state index contributed by atoms with van der Waals surface area (Å²) >= 11 is 0.